The average molecular weight is 387 g/mol. The van der Waals surface area contributed by atoms with Gasteiger partial charge in [0.1, 0.15) is 36.3 Å². The summed E-state index contributed by atoms with van der Waals surface area (Å²) in [5.41, 5.74) is 6.37. The summed E-state index contributed by atoms with van der Waals surface area (Å²) in [7, 11) is 0. The van der Waals surface area contributed by atoms with Crippen LogP contribution in [0.5, 0.6) is 5.75 Å². The minimum atomic E-state index is -0.813. The Kier molecular flexibility index (Phi) is 4.30. The van der Waals surface area contributed by atoms with Gasteiger partial charge in [-0.15, -0.1) is 0 Å². The third-order valence-corrected chi connectivity index (χ3v) is 4.28. The van der Waals surface area contributed by atoms with Gasteiger partial charge in [-0.2, -0.15) is 10.1 Å². The van der Waals surface area contributed by atoms with Crippen molar-refractivity contribution in [3.05, 3.63) is 71.1 Å². The van der Waals surface area contributed by atoms with E-state index in [1.54, 1.807) is 19.1 Å². The maximum absolute atomic E-state index is 13.7. The molecule has 0 radical (unpaired) electrons. The maximum atomic E-state index is 13.7. The number of fused-ring (bicyclic) bond motifs is 1. The van der Waals surface area contributed by atoms with Crippen molar-refractivity contribution in [3.8, 4) is 5.75 Å². The number of halogens is 2. The molecule has 3 heterocycles. The van der Waals surface area contributed by atoms with E-state index < -0.39 is 23.6 Å². The maximum Gasteiger partial charge on any atom is 0.249 e. The number of hydrogen-bond donors (Lipinski definition) is 2. The molecular formula is C18H15F2N5O3. The van der Waals surface area contributed by atoms with E-state index in [0.29, 0.717) is 23.2 Å². The normalized spacial score (nSPS) is 15.9. The molecule has 144 valence electrons. The summed E-state index contributed by atoms with van der Waals surface area (Å²) in [6, 6.07) is 5.60. The third-order valence-electron chi connectivity index (χ3n) is 4.28. The molecule has 2 aromatic heterocycles. The van der Waals surface area contributed by atoms with Gasteiger partial charge in [-0.05, 0) is 31.2 Å². The zero-order chi connectivity index (χ0) is 19.8. The molecule has 0 fully saturated rings. The predicted molar refractivity (Wildman–Crippen MR) is 93.1 cm³/mol. The topological polar surface area (TPSA) is 108 Å². The lowest BCUT2D eigenvalue weighted by Gasteiger charge is -2.25. The van der Waals surface area contributed by atoms with Gasteiger partial charge in [-0.25, -0.2) is 13.5 Å². The largest absolute Gasteiger partial charge is 0.483 e. The molecule has 3 N–H and O–H groups in total. The summed E-state index contributed by atoms with van der Waals surface area (Å²) in [5.74, 6) is -1.03. The highest BCUT2D eigenvalue weighted by Crippen LogP contribution is 2.35. The highest BCUT2D eigenvalue weighted by molar-refractivity contribution is 5.95. The number of primary amides is 1. The van der Waals surface area contributed by atoms with Crippen LogP contribution in [-0.2, 0) is 11.4 Å². The van der Waals surface area contributed by atoms with Crippen LogP contribution in [0.25, 0.3) is 0 Å². The second-order valence-electron chi connectivity index (χ2n) is 6.13. The standard InChI is InChI=1S/C18H15F2N5O3/c1-9-15(17(21)26)16(25-18(24-9)22-8-23-25)14-5-3-11(28-14)7-27-13-4-2-10(19)6-12(13)20/h2-6,8,16H,7H2,1H3,(H2,21,26)(H,22,23,24). The third kappa shape index (κ3) is 3.08. The lowest BCUT2D eigenvalue weighted by Crippen LogP contribution is -2.31. The number of nitrogens with zero attached hydrogens (tertiary/aromatic N) is 3. The first-order valence-electron chi connectivity index (χ1n) is 8.27. The highest BCUT2D eigenvalue weighted by atomic mass is 19.1. The first-order chi connectivity index (χ1) is 13.4. The SMILES string of the molecule is CC1=C(C(N)=O)C(c2ccc(COc3ccc(F)cc3F)o2)n2ncnc2N1. The summed E-state index contributed by atoms with van der Waals surface area (Å²) in [6.07, 6.45) is 1.34. The van der Waals surface area contributed by atoms with Gasteiger partial charge in [0, 0.05) is 11.8 Å². The van der Waals surface area contributed by atoms with Crippen LogP contribution in [0.4, 0.5) is 14.7 Å². The highest BCUT2D eigenvalue weighted by Gasteiger charge is 2.34. The second kappa shape index (κ2) is 6.80. The van der Waals surface area contributed by atoms with Crippen molar-refractivity contribution in [2.24, 2.45) is 5.73 Å². The molecule has 1 amide bonds. The molecule has 28 heavy (non-hydrogen) atoms. The van der Waals surface area contributed by atoms with E-state index >= 15 is 0 Å². The van der Waals surface area contributed by atoms with Gasteiger partial charge in [-0.1, -0.05) is 0 Å². The van der Waals surface area contributed by atoms with E-state index in [4.69, 9.17) is 14.9 Å². The number of aromatic nitrogens is 3. The molecule has 0 bridgehead atoms. The molecule has 1 atom stereocenters. The zero-order valence-electron chi connectivity index (χ0n) is 14.6. The fourth-order valence-corrected chi connectivity index (χ4v) is 3.03. The number of nitrogens with one attached hydrogen (secondary N) is 1. The Morgan fingerprint density at radius 1 is 1.36 bits per heavy atom. The molecule has 4 rings (SSSR count). The molecule has 0 aliphatic carbocycles. The Balaban J connectivity index is 1.60. The molecule has 0 saturated carbocycles. The van der Waals surface area contributed by atoms with Gasteiger partial charge >= 0.3 is 0 Å². The molecule has 10 heteroatoms. The van der Waals surface area contributed by atoms with Gasteiger partial charge < -0.3 is 20.2 Å². The Morgan fingerprint density at radius 3 is 2.93 bits per heavy atom. The van der Waals surface area contributed by atoms with Crippen LogP contribution in [0.2, 0.25) is 0 Å². The summed E-state index contributed by atoms with van der Waals surface area (Å²) < 4.78 is 39.3. The smallest absolute Gasteiger partial charge is 0.249 e. The lowest BCUT2D eigenvalue weighted by atomic mass is 10.0. The molecule has 1 unspecified atom stereocenters. The number of furan rings is 1. The number of carbonyl (C=O) groups is 1. The average Bonchev–Trinajstić information content (AvgIpc) is 3.28. The Labute approximate surface area is 157 Å². The van der Waals surface area contributed by atoms with Crippen LogP contribution < -0.4 is 15.8 Å². The molecule has 0 saturated heterocycles. The molecule has 1 aliphatic rings. The second-order valence-corrected chi connectivity index (χ2v) is 6.13. The van der Waals surface area contributed by atoms with Crippen molar-refractivity contribution in [1.82, 2.24) is 14.8 Å². The van der Waals surface area contributed by atoms with Crippen molar-refractivity contribution < 1.29 is 22.7 Å². The number of allylic oxidation sites excluding steroid dienone is 1. The van der Waals surface area contributed by atoms with Crippen LogP contribution in [0.1, 0.15) is 24.5 Å². The fourth-order valence-electron chi connectivity index (χ4n) is 3.03. The number of benzene rings is 1. The van der Waals surface area contributed by atoms with Crippen LogP contribution in [0.15, 0.2) is 52.3 Å². The fraction of sp³-hybridized carbons (Fsp3) is 0.167. The number of carbonyl (C=O) groups excluding carboxylic acids is 1. The number of rotatable bonds is 5. The Morgan fingerprint density at radius 2 is 2.18 bits per heavy atom. The minimum Gasteiger partial charge on any atom is -0.483 e. The monoisotopic (exact) mass is 387 g/mol. The van der Waals surface area contributed by atoms with Crippen LogP contribution >= 0.6 is 0 Å². The summed E-state index contributed by atoms with van der Waals surface area (Å²) >= 11 is 0. The number of anilines is 1. The Hall–Kier alpha value is -3.69. The van der Waals surface area contributed by atoms with Crippen molar-refractivity contribution in [1.29, 1.82) is 0 Å². The van der Waals surface area contributed by atoms with Crippen LogP contribution in [0, 0.1) is 11.6 Å². The summed E-state index contributed by atoms with van der Waals surface area (Å²) in [5, 5.41) is 7.09. The van der Waals surface area contributed by atoms with E-state index in [-0.39, 0.29) is 17.9 Å². The van der Waals surface area contributed by atoms with Gasteiger partial charge in [0.05, 0.1) is 5.57 Å². The van der Waals surface area contributed by atoms with Gasteiger partial charge in [0.25, 0.3) is 0 Å². The summed E-state index contributed by atoms with van der Waals surface area (Å²) in [4.78, 5) is 16.1. The predicted octanol–water partition coefficient (Wildman–Crippen LogP) is 2.50. The van der Waals surface area contributed by atoms with Gasteiger partial charge in [0.2, 0.25) is 11.9 Å². The number of nitrogens with two attached hydrogens (primary N) is 1. The van der Waals surface area contributed by atoms with Gasteiger partial charge in [-0.3, -0.25) is 4.79 Å². The first kappa shape index (κ1) is 17.7. The van der Waals surface area contributed by atoms with Gasteiger partial charge in [0.15, 0.2) is 11.6 Å². The van der Waals surface area contributed by atoms with E-state index in [2.05, 4.69) is 15.4 Å². The molecule has 1 aromatic carbocycles. The molecule has 8 nitrogen and oxygen atoms in total. The van der Waals surface area contributed by atoms with E-state index in [1.807, 2.05) is 0 Å². The molecule has 0 spiro atoms. The van der Waals surface area contributed by atoms with E-state index in [0.717, 1.165) is 12.1 Å². The number of amides is 1. The zero-order valence-corrected chi connectivity index (χ0v) is 14.6. The number of ether oxygens (including phenoxy) is 1. The van der Waals surface area contributed by atoms with Crippen LogP contribution in [-0.4, -0.2) is 20.7 Å². The van der Waals surface area contributed by atoms with Crippen LogP contribution in [0.3, 0.4) is 0 Å². The quantitative estimate of drug-likeness (QED) is 0.696. The molecular weight excluding hydrogens is 372 g/mol. The lowest BCUT2D eigenvalue weighted by molar-refractivity contribution is -0.115. The minimum absolute atomic E-state index is 0.0909. The Bertz CT molecular complexity index is 1090. The van der Waals surface area contributed by atoms with Crippen molar-refractivity contribution in [3.63, 3.8) is 0 Å². The van der Waals surface area contributed by atoms with Crippen molar-refractivity contribution in [2.75, 3.05) is 5.32 Å². The van der Waals surface area contributed by atoms with Crippen molar-refractivity contribution in [2.45, 2.75) is 19.6 Å². The number of hydrogen-bond acceptors (Lipinski definition) is 6. The van der Waals surface area contributed by atoms with E-state index in [1.165, 1.54) is 17.1 Å². The van der Waals surface area contributed by atoms with E-state index in [9.17, 15) is 13.6 Å². The van der Waals surface area contributed by atoms with Crippen molar-refractivity contribution >= 4 is 11.9 Å². The molecule has 3 aromatic rings. The molecule has 1 aliphatic heterocycles. The first-order valence-corrected chi connectivity index (χ1v) is 8.27. The summed E-state index contributed by atoms with van der Waals surface area (Å²) in [6.45, 7) is 1.61.